The van der Waals surface area contributed by atoms with Crippen molar-refractivity contribution in [1.29, 1.82) is 0 Å². The molecule has 0 aliphatic heterocycles. The molecule has 1 aromatic heterocycles. The van der Waals surface area contributed by atoms with E-state index in [0.29, 0.717) is 0 Å². The highest BCUT2D eigenvalue weighted by molar-refractivity contribution is 8.02. The molecule has 1 atom stereocenters. The van der Waals surface area contributed by atoms with Gasteiger partial charge in [0.15, 0.2) is 4.34 Å². The number of thiazole rings is 1. The van der Waals surface area contributed by atoms with Crippen molar-refractivity contribution in [1.82, 2.24) is 4.98 Å². The average Bonchev–Trinajstić information content (AvgIpc) is 2.68. The quantitative estimate of drug-likeness (QED) is 0.631. The van der Waals surface area contributed by atoms with Gasteiger partial charge in [-0.15, -0.1) is 11.3 Å². The van der Waals surface area contributed by atoms with Crippen molar-refractivity contribution in [3.05, 3.63) is 24.3 Å². The fraction of sp³-hybridized carbons (Fsp3) is 0.429. The summed E-state index contributed by atoms with van der Waals surface area (Å²) in [5.74, 6) is -0.197. The maximum atomic E-state index is 11.9. The molecule has 0 aliphatic carbocycles. The monoisotopic (exact) mass is 295 g/mol. The van der Waals surface area contributed by atoms with E-state index in [2.05, 4.69) is 4.98 Å². The van der Waals surface area contributed by atoms with E-state index >= 15 is 0 Å². The third kappa shape index (κ3) is 3.94. The molecule has 0 saturated heterocycles. The fourth-order valence-corrected chi connectivity index (χ4v) is 3.68. The second-order valence-electron chi connectivity index (χ2n) is 5.24. The van der Waals surface area contributed by atoms with Gasteiger partial charge in [-0.1, -0.05) is 23.9 Å². The molecule has 5 heteroatoms. The normalized spacial score (nSPS) is 13.5. The van der Waals surface area contributed by atoms with Crippen LogP contribution in [0.2, 0.25) is 0 Å². The van der Waals surface area contributed by atoms with Gasteiger partial charge in [-0.25, -0.2) is 4.98 Å². The van der Waals surface area contributed by atoms with Gasteiger partial charge in [-0.3, -0.25) is 4.79 Å². The molecule has 1 aromatic carbocycles. The Labute approximate surface area is 121 Å². The summed E-state index contributed by atoms with van der Waals surface area (Å²) >= 11 is 3.06. The molecule has 0 fully saturated rings. The molecule has 19 heavy (non-hydrogen) atoms. The van der Waals surface area contributed by atoms with Crippen LogP contribution in [0.25, 0.3) is 10.2 Å². The standard InChI is InChI=1S/C14H17NO2S2/c1-9(12(16)17-14(2,3)4)18-13-15-10-7-5-6-8-11(10)19-13/h5-9H,1-4H3. The number of nitrogens with zero attached hydrogens (tertiary/aromatic N) is 1. The number of ether oxygens (including phenoxy) is 1. The molecule has 1 unspecified atom stereocenters. The number of hydrogen-bond acceptors (Lipinski definition) is 5. The Kier molecular flexibility index (Phi) is 4.16. The number of aromatic nitrogens is 1. The second-order valence-corrected chi connectivity index (χ2v) is 7.86. The summed E-state index contributed by atoms with van der Waals surface area (Å²) in [6, 6.07) is 7.98. The van der Waals surface area contributed by atoms with Crippen molar-refractivity contribution >= 4 is 39.3 Å². The van der Waals surface area contributed by atoms with Crippen LogP contribution in [0.5, 0.6) is 0 Å². The topological polar surface area (TPSA) is 39.2 Å². The second kappa shape index (κ2) is 5.51. The van der Waals surface area contributed by atoms with Gasteiger partial charge < -0.3 is 4.74 Å². The Bertz CT molecular complexity index is 553. The van der Waals surface area contributed by atoms with E-state index in [1.807, 2.05) is 52.0 Å². The van der Waals surface area contributed by atoms with Crippen LogP contribution in [0.3, 0.4) is 0 Å². The molecule has 102 valence electrons. The summed E-state index contributed by atoms with van der Waals surface area (Å²) in [4.78, 5) is 16.4. The van der Waals surface area contributed by atoms with Crippen LogP contribution in [0, 0.1) is 0 Å². The lowest BCUT2D eigenvalue weighted by molar-refractivity contribution is -0.153. The van der Waals surface area contributed by atoms with Gasteiger partial charge in [0.25, 0.3) is 0 Å². The average molecular weight is 295 g/mol. The van der Waals surface area contributed by atoms with Gasteiger partial charge in [0.2, 0.25) is 0 Å². The smallest absolute Gasteiger partial charge is 0.319 e. The molecular weight excluding hydrogens is 278 g/mol. The Morgan fingerprint density at radius 1 is 1.37 bits per heavy atom. The molecule has 0 bridgehead atoms. The molecule has 0 aliphatic rings. The number of fused-ring (bicyclic) bond motifs is 1. The summed E-state index contributed by atoms with van der Waals surface area (Å²) in [6.45, 7) is 7.48. The number of benzene rings is 1. The zero-order valence-electron chi connectivity index (χ0n) is 11.5. The van der Waals surface area contributed by atoms with Crippen molar-refractivity contribution in [2.75, 3.05) is 0 Å². The molecule has 0 saturated carbocycles. The van der Waals surface area contributed by atoms with E-state index in [1.165, 1.54) is 11.8 Å². The molecular formula is C14H17NO2S2. The first-order valence-corrected chi connectivity index (χ1v) is 7.80. The third-order valence-corrected chi connectivity index (χ3v) is 4.50. The number of rotatable bonds is 3. The Morgan fingerprint density at radius 2 is 2.05 bits per heavy atom. The molecule has 2 aromatic rings. The summed E-state index contributed by atoms with van der Waals surface area (Å²) in [5.41, 5.74) is 0.533. The third-order valence-electron chi connectivity index (χ3n) is 2.29. The summed E-state index contributed by atoms with van der Waals surface area (Å²) in [7, 11) is 0. The Morgan fingerprint density at radius 3 is 2.68 bits per heavy atom. The van der Waals surface area contributed by atoms with Crippen LogP contribution in [-0.4, -0.2) is 21.8 Å². The van der Waals surface area contributed by atoms with Crippen molar-refractivity contribution in [3.8, 4) is 0 Å². The van der Waals surface area contributed by atoms with Gasteiger partial charge in [-0.2, -0.15) is 0 Å². The number of para-hydroxylation sites is 1. The van der Waals surface area contributed by atoms with E-state index in [4.69, 9.17) is 4.74 Å². The van der Waals surface area contributed by atoms with Crippen LogP contribution in [0.1, 0.15) is 27.7 Å². The number of thioether (sulfide) groups is 1. The lowest BCUT2D eigenvalue weighted by Crippen LogP contribution is -2.28. The van der Waals surface area contributed by atoms with Crippen LogP contribution < -0.4 is 0 Å². The fourth-order valence-electron chi connectivity index (χ4n) is 1.49. The first-order chi connectivity index (χ1) is 8.85. The van der Waals surface area contributed by atoms with Crippen LogP contribution >= 0.6 is 23.1 Å². The number of carbonyl (C=O) groups is 1. The zero-order chi connectivity index (χ0) is 14.0. The first kappa shape index (κ1) is 14.3. The van der Waals surface area contributed by atoms with E-state index in [-0.39, 0.29) is 11.2 Å². The maximum Gasteiger partial charge on any atom is 0.319 e. The number of esters is 1. The minimum absolute atomic E-state index is 0.197. The zero-order valence-corrected chi connectivity index (χ0v) is 13.1. The first-order valence-electron chi connectivity index (χ1n) is 6.10. The highest BCUT2D eigenvalue weighted by Crippen LogP contribution is 2.32. The van der Waals surface area contributed by atoms with Crippen molar-refractivity contribution < 1.29 is 9.53 Å². The summed E-state index contributed by atoms with van der Waals surface area (Å²) in [5, 5.41) is -0.250. The van der Waals surface area contributed by atoms with Gasteiger partial charge in [0.05, 0.1) is 10.2 Å². The molecule has 1 heterocycles. The number of hydrogen-bond donors (Lipinski definition) is 0. The van der Waals surface area contributed by atoms with E-state index in [1.54, 1.807) is 11.3 Å². The number of carbonyl (C=O) groups excluding carboxylic acids is 1. The minimum Gasteiger partial charge on any atom is -0.459 e. The van der Waals surface area contributed by atoms with Crippen LogP contribution in [0.15, 0.2) is 28.6 Å². The molecule has 2 rings (SSSR count). The Hall–Kier alpha value is -1.07. The van der Waals surface area contributed by atoms with Gasteiger partial charge >= 0.3 is 5.97 Å². The van der Waals surface area contributed by atoms with Crippen LogP contribution in [0.4, 0.5) is 0 Å². The maximum absolute atomic E-state index is 11.9. The Balaban J connectivity index is 2.06. The van der Waals surface area contributed by atoms with Gasteiger partial charge in [0, 0.05) is 0 Å². The largest absolute Gasteiger partial charge is 0.459 e. The van der Waals surface area contributed by atoms with E-state index < -0.39 is 5.60 Å². The predicted molar refractivity (Wildman–Crippen MR) is 80.8 cm³/mol. The van der Waals surface area contributed by atoms with Gasteiger partial charge in [0.1, 0.15) is 10.9 Å². The highest BCUT2D eigenvalue weighted by Gasteiger charge is 2.23. The van der Waals surface area contributed by atoms with Crippen molar-refractivity contribution in [2.24, 2.45) is 0 Å². The molecule has 0 N–H and O–H groups in total. The molecule has 0 amide bonds. The summed E-state index contributed by atoms with van der Waals surface area (Å²) < 4.78 is 7.41. The van der Waals surface area contributed by atoms with Crippen molar-refractivity contribution in [3.63, 3.8) is 0 Å². The van der Waals surface area contributed by atoms with Crippen molar-refractivity contribution in [2.45, 2.75) is 42.9 Å². The van der Waals surface area contributed by atoms with Crippen LogP contribution in [-0.2, 0) is 9.53 Å². The van der Waals surface area contributed by atoms with E-state index in [9.17, 15) is 4.79 Å². The molecule has 0 radical (unpaired) electrons. The SMILES string of the molecule is CC(Sc1nc2ccccc2s1)C(=O)OC(C)(C)C. The lowest BCUT2D eigenvalue weighted by atomic mass is 10.2. The summed E-state index contributed by atoms with van der Waals surface area (Å²) in [6.07, 6.45) is 0. The minimum atomic E-state index is -0.445. The highest BCUT2D eigenvalue weighted by atomic mass is 32.2. The van der Waals surface area contributed by atoms with E-state index in [0.717, 1.165) is 14.6 Å². The molecule has 3 nitrogen and oxygen atoms in total. The predicted octanol–water partition coefficient (Wildman–Crippen LogP) is 4.12. The lowest BCUT2D eigenvalue weighted by Gasteiger charge is -2.21. The molecule has 0 spiro atoms. The van der Waals surface area contributed by atoms with Gasteiger partial charge in [-0.05, 0) is 39.8 Å².